The summed E-state index contributed by atoms with van der Waals surface area (Å²) in [7, 11) is 0. The first-order chi connectivity index (χ1) is 11.5. The number of aliphatic hydroxyl groups excluding tert-OH is 1. The van der Waals surface area contributed by atoms with Gasteiger partial charge in [0.2, 0.25) is 0 Å². The van der Waals surface area contributed by atoms with Crippen molar-refractivity contribution in [3.8, 4) is 0 Å². The third-order valence-electron chi connectivity index (χ3n) is 8.47. The van der Waals surface area contributed by atoms with Crippen molar-refractivity contribution in [3.05, 3.63) is 11.6 Å². The fourth-order valence-electron chi connectivity index (χ4n) is 7.02. The summed E-state index contributed by atoms with van der Waals surface area (Å²) in [5.41, 5.74) is 7.83. The normalized spacial score (nSPS) is 50.7. The maximum absolute atomic E-state index is 10.5. The van der Waals surface area contributed by atoms with Crippen LogP contribution in [-0.2, 0) is 4.74 Å². The van der Waals surface area contributed by atoms with Crippen LogP contribution in [0.4, 0.5) is 0 Å². The van der Waals surface area contributed by atoms with E-state index in [9.17, 15) is 5.11 Å². The summed E-state index contributed by atoms with van der Waals surface area (Å²) < 4.78 is 5.93. The lowest BCUT2D eigenvalue weighted by molar-refractivity contribution is -0.0778. The lowest BCUT2D eigenvalue weighted by atomic mass is 9.47. The van der Waals surface area contributed by atoms with Crippen LogP contribution >= 0.6 is 0 Å². The van der Waals surface area contributed by atoms with E-state index in [2.05, 4.69) is 19.9 Å². The molecule has 0 bridgehead atoms. The van der Waals surface area contributed by atoms with Crippen molar-refractivity contribution in [2.75, 3.05) is 13.2 Å². The summed E-state index contributed by atoms with van der Waals surface area (Å²) in [5.74, 6) is 2.39. The van der Waals surface area contributed by atoms with Gasteiger partial charge in [-0.25, -0.2) is 0 Å². The van der Waals surface area contributed by atoms with Crippen LogP contribution in [-0.4, -0.2) is 30.5 Å². The molecule has 136 valence electrons. The number of hydrogen-bond acceptors (Lipinski definition) is 3. The fraction of sp³-hybridized carbons (Fsp3) is 0.905. The van der Waals surface area contributed by atoms with E-state index in [-0.39, 0.29) is 17.6 Å². The first kappa shape index (κ1) is 17.1. The molecule has 0 saturated heterocycles. The molecule has 3 saturated carbocycles. The molecule has 0 aromatic carbocycles. The van der Waals surface area contributed by atoms with Crippen LogP contribution < -0.4 is 5.73 Å². The fourth-order valence-corrected chi connectivity index (χ4v) is 7.02. The molecule has 0 aliphatic heterocycles. The van der Waals surface area contributed by atoms with Crippen molar-refractivity contribution < 1.29 is 9.84 Å². The van der Waals surface area contributed by atoms with E-state index in [1.807, 2.05) is 0 Å². The molecule has 4 rings (SSSR count). The average molecular weight is 334 g/mol. The van der Waals surface area contributed by atoms with Gasteiger partial charge in [-0.05, 0) is 80.0 Å². The van der Waals surface area contributed by atoms with Gasteiger partial charge in [0, 0.05) is 6.54 Å². The minimum Gasteiger partial charge on any atom is -0.393 e. The number of allylic oxidation sites excluding steroid dienone is 1. The van der Waals surface area contributed by atoms with Crippen molar-refractivity contribution in [1.29, 1.82) is 0 Å². The highest BCUT2D eigenvalue weighted by Gasteiger charge is 2.58. The maximum atomic E-state index is 10.5. The van der Waals surface area contributed by atoms with Crippen molar-refractivity contribution in [2.45, 2.75) is 77.4 Å². The van der Waals surface area contributed by atoms with Crippen LogP contribution in [0.15, 0.2) is 11.6 Å². The third kappa shape index (κ3) is 2.42. The van der Waals surface area contributed by atoms with Crippen molar-refractivity contribution in [2.24, 2.45) is 34.3 Å². The zero-order chi connectivity index (χ0) is 16.9. The van der Waals surface area contributed by atoms with Crippen LogP contribution in [0.3, 0.4) is 0 Å². The van der Waals surface area contributed by atoms with Gasteiger partial charge in [-0.3, -0.25) is 0 Å². The predicted octanol–water partition coefficient (Wildman–Crippen LogP) is 3.65. The number of hydrogen-bond donors (Lipinski definition) is 2. The highest BCUT2D eigenvalue weighted by molar-refractivity contribution is 5.25. The van der Waals surface area contributed by atoms with Gasteiger partial charge in [-0.1, -0.05) is 25.5 Å². The number of rotatable bonds is 3. The number of aliphatic hydroxyl groups is 1. The van der Waals surface area contributed by atoms with E-state index in [1.54, 1.807) is 5.57 Å². The molecule has 3 heteroatoms. The zero-order valence-electron chi connectivity index (χ0n) is 15.5. The van der Waals surface area contributed by atoms with Crippen LogP contribution in [0.5, 0.6) is 0 Å². The second-order valence-corrected chi connectivity index (χ2v) is 9.40. The van der Waals surface area contributed by atoms with E-state index in [0.717, 1.165) is 30.6 Å². The second-order valence-electron chi connectivity index (χ2n) is 9.40. The van der Waals surface area contributed by atoms with Gasteiger partial charge in [0.15, 0.2) is 0 Å². The second kappa shape index (κ2) is 6.10. The van der Waals surface area contributed by atoms with Crippen molar-refractivity contribution in [1.82, 2.24) is 0 Å². The zero-order valence-corrected chi connectivity index (χ0v) is 15.5. The Kier molecular flexibility index (Phi) is 4.34. The molecule has 0 radical (unpaired) electrons. The Labute approximate surface area is 147 Å². The molecule has 3 fully saturated rings. The molecule has 3 nitrogen and oxygen atoms in total. The lowest BCUT2D eigenvalue weighted by Crippen LogP contribution is -2.51. The summed E-state index contributed by atoms with van der Waals surface area (Å²) in [6.45, 7) is 6.19. The standard InChI is InChI=1S/C21H35NO2/c1-20-9-7-15(24-12-11-22)13-14(20)3-4-16-17-5-6-19(23)21(17,2)10-8-18(16)20/h13,15-19,23H,3-12,22H2,1-2H3/t15?,16-,17-,18-,19?,20-,21-/m0/s1. The van der Waals surface area contributed by atoms with Crippen molar-refractivity contribution >= 4 is 0 Å². The predicted molar refractivity (Wildman–Crippen MR) is 96.5 cm³/mol. The Morgan fingerprint density at radius 3 is 2.75 bits per heavy atom. The first-order valence-electron chi connectivity index (χ1n) is 10.2. The topological polar surface area (TPSA) is 55.5 Å². The Hall–Kier alpha value is -0.380. The highest BCUT2D eigenvalue weighted by atomic mass is 16.5. The van der Waals surface area contributed by atoms with Gasteiger partial charge >= 0.3 is 0 Å². The molecular formula is C21H35NO2. The SMILES string of the molecule is C[C@]12CCC(OCCN)C=C1CC[C@@H]1[C@@H]2CC[C@]2(C)C(O)CC[C@@H]12. The maximum Gasteiger partial charge on any atom is 0.0759 e. The van der Waals surface area contributed by atoms with E-state index < -0.39 is 0 Å². The third-order valence-corrected chi connectivity index (χ3v) is 8.47. The molecule has 0 aromatic heterocycles. The van der Waals surface area contributed by atoms with Gasteiger partial charge in [-0.2, -0.15) is 0 Å². The Morgan fingerprint density at radius 1 is 1.12 bits per heavy atom. The van der Waals surface area contributed by atoms with Crippen molar-refractivity contribution in [3.63, 3.8) is 0 Å². The largest absolute Gasteiger partial charge is 0.393 e. The molecule has 4 aliphatic carbocycles. The molecule has 7 atom stereocenters. The van der Waals surface area contributed by atoms with Gasteiger partial charge in [0.05, 0.1) is 18.8 Å². The van der Waals surface area contributed by atoms with Crippen LogP contribution in [0.1, 0.15) is 65.2 Å². The van der Waals surface area contributed by atoms with E-state index >= 15 is 0 Å². The van der Waals surface area contributed by atoms with Crippen LogP contribution in [0.25, 0.3) is 0 Å². The molecule has 3 N–H and O–H groups in total. The Bertz CT molecular complexity index is 518. The Balaban J connectivity index is 1.56. The first-order valence-corrected chi connectivity index (χ1v) is 10.2. The molecule has 24 heavy (non-hydrogen) atoms. The molecule has 0 amide bonds. The summed E-state index contributed by atoms with van der Waals surface area (Å²) in [4.78, 5) is 0. The van der Waals surface area contributed by atoms with Crippen LogP contribution in [0, 0.1) is 28.6 Å². The lowest BCUT2D eigenvalue weighted by Gasteiger charge is -2.58. The van der Waals surface area contributed by atoms with Gasteiger partial charge < -0.3 is 15.6 Å². The summed E-state index contributed by atoms with van der Waals surface area (Å²) in [5, 5.41) is 10.5. The highest BCUT2D eigenvalue weighted by Crippen LogP contribution is 2.65. The van der Waals surface area contributed by atoms with E-state index in [1.165, 1.54) is 38.5 Å². The minimum atomic E-state index is -0.0615. The number of fused-ring (bicyclic) bond motifs is 5. The average Bonchev–Trinajstić information content (AvgIpc) is 2.88. The molecular weight excluding hydrogens is 298 g/mol. The number of nitrogens with two attached hydrogens (primary N) is 1. The van der Waals surface area contributed by atoms with Gasteiger partial charge in [-0.15, -0.1) is 0 Å². The summed E-state index contributed by atoms with van der Waals surface area (Å²) in [6, 6.07) is 0. The minimum absolute atomic E-state index is 0.0615. The molecule has 4 aliphatic rings. The Morgan fingerprint density at radius 2 is 1.96 bits per heavy atom. The molecule has 0 aromatic rings. The van der Waals surface area contributed by atoms with Gasteiger partial charge in [0.25, 0.3) is 0 Å². The summed E-state index contributed by atoms with van der Waals surface area (Å²) >= 11 is 0. The smallest absolute Gasteiger partial charge is 0.0759 e. The summed E-state index contributed by atoms with van der Waals surface area (Å²) in [6.07, 6.45) is 12.4. The van der Waals surface area contributed by atoms with E-state index in [0.29, 0.717) is 18.6 Å². The molecule has 0 heterocycles. The molecule has 0 spiro atoms. The van der Waals surface area contributed by atoms with Crippen LogP contribution in [0.2, 0.25) is 0 Å². The number of ether oxygens (including phenoxy) is 1. The quantitative estimate of drug-likeness (QED) is 0.775. The monoisotopic (exact) mass is 333 g/mol. The van der Waals surface area contributed by atoms with Gasteiger partial charge in [0.1, 0.15) is 0 Å². The van der Waals surface area contributed by atoms with E-state index in [4.69, 9.17) is 10.5 Å². The molecule has 2 unspecified atom stereocenters.